The number of H-pyrrole nitrogens is 1. The molecule has 2 N–H and O–H groups in total. The minimum atomic E-state index is -0.217. The number of amides is 1. The second-order valence-corrected chi connectivity index (χ2v) is 3.64. The van der Waals surface area contributed by atoms with Crippen molar-refractivity contribution in [3.63, 3.8) is 0 Å². The van der Waals surface area contributed by atoms with Crippen LogP contribution in [0, 0.1) is 0 Å². The Balaban J connectivity index is 1.87. The van der Waals surface area contributed by atoms with Gasteiger partial charge in [-0.15, -0.1) is 0 Å². The van der Waals surface area contributed by atoms with Crippen LogP contribution in [0.4, 0.5) is 5.69 Å². The maximum Gasteiger partial charge on any atom is 0.273 e. The number of aromatic amines is 1. The lowest BCUT2D eigenvalue weighted by molar-refractivity contribution is 0.102. The summed E-state index contributed by atoms with van der Waals surface area (Å²) >= 11 is 0. The van der Waals surface area contributed by atoms with Crippen molar-refractivity contribution in [2.75, 3.05) is 5.32 Å². The fourth-order valence-electron chi connectivity index (χ4n) is 1.62. The standard InChI is InChI=1S/C12H9N3O2/c16-12(11-3-4-13-15-11)14-10-2-1-8-6-17-7-9(8)5-10/h1-7H,(H,13,15)(H,14,16). The van der Waals surface area contributed by atoms with Gasteiger partial charge in [0.15, 0.2) is 0 Å². The van der Waals surface area contributed by atoms with Crippen molar-refractivity contribution in [3.8, 4) is 0 Å². The van der Waals surface area contributed by atoms with E-state index in [4.69, 9.17) is 4.42 Å². The summed E-state index contributed by atoms with van der Waals surface area (Å²) in [7, 11) is 0. The molecule has 0 unspecified atom stereocenters. The zero-order valence-electron chi connectivity index (χ0n) is 8.81. The molecule has 0 fully saturated rings. The average Bonchev–Trinajstić information content (AvgIpc) is 2.99. The lowest BCUT2D eigenvalue weighted by Gasteiger charge is -2.02. The molecule has 0 aliphatic heterocycles. The van der Waals surface area contributed by atoms with Crippen molar-refractivity contribution in [1.82, 2.24) is 10.2 Å². The number of anilines is 1. The van der Waals surface area contributed by atoms with Crippen LogP contribution in [-0.2, 0) is 0 Å². The second-order valence-electron chi connectivity index (χ2n) is 3.64. The Bertz CT molecular complexity index is 655. The highest BCUT2D eigenvalue weighted by molar-refractivity contribution is 6.03. The summed E-state index contributed by atoms with van der Waals surface area (Å²) in [6, 6.07) is 7.19. The highest BCUT2D eigenvalue weighted by Crippen LogP contribution is 2.20. The molecule has 5 nitrogen and oxygen atoms in total. The number of hydrogen-bond donors (Lipinski definition) is 2. The molecule has 84 valence electrons. The van der Waals surface area contributed by atoms with E-state index < -0.39 is 0 Å². The van der Waals surface area contributed by atoms with Crippen molar-refractivity contribution in [2.24, 2.45) is 0 Å². The molecule has 0 aliphatic carbocycles. The summed E-state index contributed by atoms with van der Waals surface area (Å²) < 4.78 is 5.07. The fourth-order valence-corrected chi connectivity index (χ4v) is 1.62. The fraction of sp³-hybridized carbons (Fsp3) is 0. The maximum absolute atomic E-state index is 11.7. The molecule has 0 spiro atoms. The monoisotopic (exact) mass is 227 g/mol. The zero-order chi connectivity index (χ0) is 11.7. The molecule has 0 saturated heterocycles. The van der Waals surface area contributed by atoms with Crippen LogP contribution >= 0.6 is 0 Å². The number of nitrogens with zero attached hydrogens (tertiary/aromatic N) is 1. The third-order valence-corrected chi connectivity index (χ3v) is 2.48. The number of carbonyl (C=O) groups is 1. The van der Waals surface area contributed by atoms with E-state index in [1.807, 2.05) is 18.2 Å². The molecule has 2 heterocycles. The van der Waals surface area contributed by atoms with Crippen molar-refractivity contribution >= 4 is 22.4 Å². The first-order valence-corrected chi connectivity index (χ1v) is 5.09. The van der Waals surface area contributed by atoms with Gasteiger partial charge in [0, 0.05) is 22.7 Å². The predicted octanol–water partition coefficient (Wildman–Crippen LogP) is 2.41. The molecule has 1 aromatic carbocycles. The highest BCUT2D eigenvalue weighted by Gasteiger charge is 2.07. The molecule has 0 atom stereocenters. The highest BCUT2D eigenvalue weighted by atomic mass is 16.3. The number of benzene rings is 1. The van der Waals surface area contributed by atoms with Crippen molar-refractivity contribution in [1.29, 1.82) is 0 Å². The summed E-state index contributed by atoms with van der Waals surface area (Å²) in [5.74, 6) is -0.217. The Labute approximate surface area is 96.4 Å². The molecular weight excluding hydrogens is 218 g/mol. The second kappa shape index (κ2) is 3.79. The van der Waals surface area contributed by atoms with Crippen molar-refractivity contribution in [3.05, 3.63) is 48.7 Å². The van der Waals surface area contributed by atoms with Gasteiger partial charge in [-0.05, 0) is 24.3 Å². The lowest BCUT2D eigenvalue weighted by atomic mass is 10.2. The van der Waals surface area contributed by atoms with E-state index in [-0.39, 0.29) is 5.91 Å². The van der Waals surface area contributed by atoms with E-state index >= 15 is 0 Å². The summed E-state index contributed by atoms with van der Waals surface area (Å²) in [5.41, 5.74) is 1.15. The predicted molar refractivity (Wildman–Crippen MR) is 62.8 cm³/mol. The molecule has 2 aromatic heterocycles. The number of nitrogens with one attached hydrogen (secondary N) is 2. The van der Waals surface area contributed by atoms with Gasteiger partial charge < -0.3 is 9.73 Å². The first-order chi connectivity index (χ1) is 8.33. The van der Waals surface area contributed by atoms with Crippen LogP contribution in [0.25, 0.3) is 10.8 Å². The van der Waals surface area contributed by atoms with Gasteiger partial charge in [-0.25, -0.2) is 0 Å². The van der Waals surface area contributed by atoms with Crippen LogP contribution in [0.3, 0.4) is 0 Å². The van der Waals surface area contributed by atoms with Gasteiger partial charge in [-0.2, -0.15) is 5.10 Å². The zero-order valence-corrected chi connectivity index (χ0v) is 8.81. The molecule has 1 amide bonds. The van der Waals surface area contributed by atoms with Crippen molar-refractivity contribution in [2.45, 2.75) is 0 Å². The number of aromatic nitrogens is 2. The topological polar surface area (TPSA) is 70.9 Å². The smallest absolute Gasteiger partial charge is 0.273 e. The first kappa shape index (κ1) is 9.65. The quantitative estimate of drug-likeness (QED) is 0.706. The molecule has 17 heavy (non-hydrogen) atoms. The first-order valence-electron chi connectivity index (χ1n) is 5.09. The number of rotatable bonds is 2. The molecule has 3 rings (SSSR count). The Morgan fingerprint density at radius 3 is 2.94 bits per heavy atom. The molecule has 5 heteroatoms. The third kappa shape index (κ3) is 1.78. The van der Waals surface area contributed by atoms with Gasteiger partial charge in [0.05, 0.1) is 12.5 Å². The summed E-state index contributed by atoms with van der Waals surface area (Å²) in [4.78, 5) is 11.7. The third-order valence-electron chi connectivity index (χ3n) is 2.48. The number of furan rings is 1. The minimum absolute atomic E-state index is 0.217. The molecule has 0 bridgehead atoms. The van der Waals surface area contributed by atoms with Crippen LogP contribution in [-0.4, -0.2) is 16.1 Å². The van der Waals surface area contributed by atoms with E-state index in [1.54, 1.807) is 18.6 Å². The molecule has 0 radical (unpaired) electrons. The number of fused-ring (bicyclic) bond motifs is 1. The molecule has 3 aromatic rings. The van der Waals surface area contributed by atoms with E-state index in [2.05, 4.69) is 15.5 Å². The van der Waals surface area contributed by atoms with Gasteiger partial charge in [-0.1, -0.05) is 0 Å². The van der Waals surface area contributed by atoms with E-state index in [0.29, 0.717) is 5.69 Å². The van der Waals surface area contributed by atoms with Crippen LogP contribution in [0.1, 0.15) is 10.5 Å². The number of carbonyl (C=O) groups excluding carboxylic acids is 1. The minimum Gasteiger partial charge on any atom is -0.471 e. The Hall–Kier alpha value is -2.56. The Morgan fingerprint density at radius 2 is 2.12 bits per heavy atom. The molecule has 0 saturated carbocycles. The number of hydrogen-bond acceptors (Lipinski definition) is 3. The largest absolute Gasteiger partial charge is 0.471 e. The average molecular weight is 227 g/mol. The maximum atomic E-state index is 11.7. The van der Waals surface area contributed by atoms with Crippen LogP contribution in [0.2, 0.25) is 0 Å². The normalized spacial score (nSPS) is 10.6. The van der Waals surface area contributed by atoms with Gasteiger partial charge in [0.25, 0.3) is 5.91 Å². The Morgan fingerprint density at radius 1 is 1.24 bits per heavy atom. The van der Waals surface area contributed by atoms with Gasteiger partial charge in [0.1, 0.15) is 5.69 Å². The van der Waals surface area contributed by atoms with Gasteiger partial charge >= 0.3 is 0 Å². The van der Waals surface area contributed by atoms with Crippen LogP contribution in [0.5, 0.6) is 0 Å². The SMILES string of the molecule is O=C(Nc1ccc2cocc2c1)c1ccn[nH]1. The van der Waals surface area contributed by atoms with Crippen LogP contribution in [0.15, 0.2) is 47.4 Å². The van der Waals surface area contributed by atoms with Crippen molar-refractivity contribution < 1.29 is 9.21 Å². The van der Waals surface area contributed by atoms with E-state index in [9.17, 15) is 4.79 Å². The Kier molecular flexibility index (Phi) is 2.15. The molecule has 0 aliphatic rings. The van der Waals surface area contributed by atoms with E-state index in [0.717, 1.165) is 16.5 Å². The lowest BCUT2D eigenvalue weighted by Crippen LogP contribution is -2.12. The summed E-state index contributed by atoms with van der Waals surface area (Å²) in [6.45, 7) is 0. The van der Waals surface area contributed by atoms with E-state index in [1.165, 1.54) is 6.20 Å². The van der Waals surface area contributed by atoms with Gasteiger partial charge in [0.2, 0.25) is 0 Å². The summed E-state index contributed by atoms with van der Waals surface area (Å²) in [6.07, 6.45) is 4.84. The summed E-state index contributed by atoms with van der Waals surface area (Å²) in [5, 5.41) is 11.1. The van der Waals surface area contributed by atoms with Crippen LogP contribution < -0.4 is 5.32 Å². The molecular formula is C12H9N3O2. The van der Waals surface area contributed by atoms with Gasteiger partial charge in [-0.3, -0.25) is 9.89 Å².